The van der Waals surface area contributed by atoms with E-state index in [1.54, 1.807) is 13.8 Å². The SMILES string of the molecule is CCOC(=O)C12CCCC=C1N(NC(N)=O)C(C)=C2C(=O)OC. The number of ether oxygens (including phenoxy) is 2. The minimum Gasteiger partial charge on any atom is -0.466 e. The van der Waals surface area contributed by atoms with Crippen LogP contribution >= 0.6 is 0 Å². The lowest BCUT2D eigenvalue weighted by molar-refractivity contribution is -0.154. The number of allylic oxidation sites excluding steroid dienone is 2. The van der Waals surface area contributed by atoms with Crippen molar-refractivity contribution in [3.05, 3.63) is 23.0 Å². The lowest BCUT2D eigenvalue weighted by Gasteiger charge is -2.35. The number of rotatable bonds is 4. The summed E-state index contributed by atoms with van der Waals surface area (Å²) >= 11 is 0. The summed E-state index contributed by atoms with van der Waals surface area (Å²) in [6.07, 6.45) is 3.64. The van der Waals surface area contributed by atoms with Crippen molar-refractivity contribution in [1.29, 1.82) is 0 Å². The molecule has 0 fully saturated rings. The third kappa shape index (κ3) is 2.54. The molecule has 1 aliphatic carbocycles. The number of nitrogens with one attached hydrogen (secondary N) is 1. The highest BCUT2D eigenvalue weighted by Crippen LogP contribution is 2.53. The molecule has 0 saturated carbocycles. The van der Waals surface area contributed by atoms with Crippen molar-refractivity contribution < 1.29 is 23.9 Å². The number of hydrazine groups is 1. The highest BCUT2D eigenvalue weighted by atomic mass is 16.5. The summed E-state index contributed by atoms with van der Waals surface area (Å²) in [5.41, 5.74) is 7.46. The molecule has 1 unspecified atom stereocenters. The minimum atomic E-state index is -1.27. The minimum absolute atomic E-state index is 0.179. The molecule has 0 saturated heterocycles. The zero-order chi connectivity index (χ0) is 17.2. The molecular formula is C15H21N3O5. The maximum absolute atomic E-state index is 12.7. The van der Waals surface area contributed by atoms with Gasteiger partial charge in [0, 0.05) is 5.70 Å². The number of nitrogens with two attached hydrogens (primary N) is 1. The summed E-state index contributed by atoms with van der Waals surface area (Å²) in [5.74, 6) is -1.16. The topological polar surface area (TPSA) is 111 Å². The van der Waals surface area contributed by atoms with E-state index in [9.17, 15) is 14.4 Å². The third-order valence-electron chi connectivity index (χ3n) is 4.13. The fraction of sp³-hybridized carbons (Fsp3) is 0.533. The number of nitrogens with zero attached hydrogens (tertiary/aromatic N) is 1. The van der Waals surface area contributed by atoms with Gasteiger partial charge in [0.25, 0.3) is 0 Å². The van der Waals surface area contributed by atoms with E-state index in [0.29, 0.717) is 24.2 Å². The van der Waals surface area contributed by atoms with Crippen LogP contribution in [0.1, 0.15) is 33.1 Å². The molecule has 0 aromatic rings. The number of hydrogen-bond acceptors (Lipinski definition) is 6. The Labute approximate surface area is 134 Å². The lowest BCUT2D eigenvalue weighted by Crippen LogP contribution is -2.46. The van der Waals surface area contributed by atoms with Gasteiger partial charge in [0.1, 0.15) is 5.41 Å². The number of fused-ring (bicyclic) bond motifs is 1. The van der Waals surface area contributed by atoms with Crippen molar-refractivity contribution in [2.24, 2.45) is 11.1 Å². The van der Waals surface area contributed by atoms with E-state index in [-0.39, 0.29) is 12.2 Å². The molecule has 2 amide bonds. The number of amides is 2. The molecule has 1 atom stereocenters. The van der Waals surface area contributed by atoms with Crippen molar-refractivity contribution in [3.8, 4) is 0 Å². The van der Waals surface area contributed by atoms with Crippen LogP contribution in [0, 0.1) is 5.41 Å². The van der Waals surface area contributed by atoms with Crippen LogP contribution in [-0.4, -0.2) is 36.7 Å². The second kappa shape index (κ2) is 6.31. The van der Waals surface area contributed by atoms with Crippen LogP contribution in [-0.2, 0) is 19.1 Å². The normalized spacial score (nSPS) is 23.1. The molecule has 0 aromatic heterocycles. The molecule has 0 radical (unpaired) electrons. The van der Waals surface area contributed by atoms with Crippen molar-refractivity contribution in [3.63, 3.8) is 0 Å². The highest BCUT2D eigenvalue weighted by Gasteiger charge is 2.58. The Bertz CT molecular complexity index is 610. The number of methoxy groups -OCH3 is 1. The molecule has 2 aliphatic rings. The fourth-order valence-corrected chi connectivity index (χ4v) is 3.29. The number of carbonyl (C=O) groups excluding carboxylic acids is 3. The fourth-order valence-electron chi connectivity index (χ4n) is 3.29. The first kappa shape index (κ1) is 16.9. The summed E-state index contributed by atoms with van der Waals surface area (Å²) in [4.78, 5) is 36.4. The molecule has 1 heterocycles. The van der Waals surface area contributed by atoms with Gasteiger partial charge in [0.05, 0.1) is 25.0 Å². The zero-order valence-electron chi connectivity index (χ0n) is 13.5. The number of carbonyl (C=O) groups is 3. The van der Waals surface area contributed by atoms with Crippen LogP contribution in [0.15, 0.2) is 23.0 Å². The van der Waals surface area contributed by atoms with Gasteiger partial charge in [0.15, 0.2) is 0 Å². The first-order chi connectivity index (χ1) is 10.9. The Morgan fingerprint density at radius 3 is 2.70 bits per heavy atom. The number of urea groups is 1. The Morgan fingerprint density at radius 2 is 2.13 bits per heavy atom. The van der Waals surface area contributed by atoms with Crippen molar-refractivity contribution in [2.45, 2.75) is 33.1 Å². The summed E-state index contributed by atoms with van der Waals surface area (Å²) in [5, 5.41) is 1.38. The van der Waals surface area contributed by atoms with Gasteiger partial charge < -0.3 is 15.2 Å². The van der Waals surface area contributed by atoms with Crippen LogP contribution in [0.2, 0.25) is 0 Å². The van der Waals surface area contributed by atoms with Crippen LogP contribution in [0.4, 0.5) is 4.79 Å². The smallest absolute Gasteiger partial charge is 0.337 e. The molecule has 0 spiro atoms. The molecule has 3 N–H and O–H groups in total. The molecule has 8 heteroatoms. The van der Waals surface area contributed by atoms with Gasteiger partial charge in [-0.25, -0.2) is 15.0 Å². The number of primary amides is 1. The largest absolute Gasteiger partial charge is 0.466 e. The molecule has 1 aliphatic heterocycles. The second-order valence-corrected chi connectivity index (χ2v) is 5.37. The first-order valence-corrected chi connectivity index (χ1v) is 7.43. The third-order valence-corrected chi connectivity index (χ3v) is 4.13. The quantitative estimate of drug-likeness (QED) is 0.745. The molecule has 8 nitrogen and oxygen atoms in total. The van der Waals surface area contributed by atoms with Gasteiger partial charge in [-0.3, -0.25) is 9.80 Å². The van der Waals surface area contributed by atoms with Gasteiger partial charge in [-0.2, -0.15) is 0 Å². The van der Waals surface area contributed by atoms with Crippen LogP contribution < -0.4 is 11.2 Å². The van der Waals surface area contributed by atoms with Crippen LogP contribution in [0.3, 0.4) is 0 Å². The number of esters is 2. The molecule has 2 rings (SSSR count). The van der Waals surface area contributed by atoms with Crippen molar-refractivity contribution >= 4 is 18.0 Å². The predicted molar refractivity (Wildman–Crippen MR) is 80.3 cm³/mol. The Kier molecular flexibility index (Phi) is 4.63. The van der Waals surface area contributed by atoms with E-state index >= 15 is 0 Å². The Balaban J connectivity index is 2.64. The van der Waals surface area contributed by atoms with Gasteiger partial charge in [0.2, 0.25) is 0 Å². The van der Waals surface area contributed by atoms with Gasteiger partial charge in [-0.05, 0) is 33.1 Å². The van der Waals surface area contributed by atoms with Crippen LogP contribution in [0.5, 0.6) is 0 Å². The Morgan fingerprint density at radius 1 is 1.43 bits per heavy atom. The average molecular weight is 323 g/mol. The number of hydrogen-bond donors (Lipinski definition) is 2. The monoisotopic (exact) mass is 323 g/mol. The molecule has 126 valence electrons. The van der Waals surface area contributed by atoms with E-state index in [2.05, 4.69) is 5.43 Å². The van der Waals surface area contributed by atoms with E-state index in [4.69, 9.17) is 15.2 Å². The van der Waals surface area contributed by atoms with E-state index in [0.717, 1.165) is 6.42 Å². The molecule has 23 heavy (non-hydrogen) atoms. The summed E-state index contributed by atoms with van der Waals surface area (Å²) in [7, 11) is 1.25. The highest BCUT2D eigenvalue weighted by molar-refractivity contribution is 6.02. The van der Waals surface area contributed by atoms with E-state index in [1.807, 2.05) is 6.08 Å². The molecular weight excluding hydrogens is 302 g/mol. The first-order valence-electron chi connectivity index (χ1n) is 7.43. The zero-order valence-corrected chi connectivity index (χ0v) is 13.5. The summed E-state index contributed by atoms with van der Waals surface area (Å²) in [6, 6.07) is -0.792. The second-order valence-electron chi connectivity index (χ2n) is 5.37. The standard InChI is InChI=1S/C15H21N3O5/c1-4-23-13(20)15-8-6-5-7-10(15)18(17-14(16)21)9(2)11(15)12(19)22-3/h7H,4-6,8H2,1-3H3,(H3,16,17,21). The van der Waals surface area contributed by atoms with Gasteiger partial charge in [-0.15, -0.1) is 0 Å². The molecule has 0 bridgehead atoms. The van der Waals surface area contributed by atoms with Gasteiger partial charge in [-0.1, -0.05) is 6.08 Å². The summed E-state index contributed by atoms with van der Waals surface area (Å²) < 4.78 is 10.1. The maximum Gasteiger partial charge on any atom is 0.337 e. The Hall–Kier alpha value is -2.51. The van der Waals surface area contributed by atoms with E-state index in [1.165, 1.54) is 12.1 Å². The van der Waals surface area contributed by atoms with Crippen molar-refractivity contribution in [2.75, 3.05) is 13.7 Å². The predicted octanol–water partition coefficient (Wildman–Crippen LogP) is 0.950. The van der Waals surface area contributed by atoms with Crippen LogP contribution in [0.25, 0.3) is 0 Å². The maximum atomic E-state index is 12.7. The molecule has 0 aromatic carbocycles. The summed E-state index contributed by atoms with van der Waals surface area (Å²) in [6.45, 7) is 3.51. The lowest BCUT2D eigenvalue weighted by atomic mass is 9.72. The average Bonchev–Trinajstić information content (AvgIpc) is 2.76. The van der Waals surface area contributed by atoms with Gasteiger partial charge >= 0.3 is 18.0 Å². The van der Waals surface area contributed by atoms with E-state index < -0.39 is 23.4 Å². The van der Waals surface area contributed by atoms with Crippen molar-refractivity contribution in [1.82, 2.24) is 10.4 Å².